The quantitative estimate of drug-likeness (QED) is 0.838. The molecule has 0 atom stereocenters. The molecule has 0 heterocycles. The molecule has 0 amide bonds. The van der Waals surface area contributed by atoms with Gasteiger partial charge < -0.3 is 14.8 Å². The highest BCUT2D eigenvalue weighted by atomic mass is 19.3. The summed E-state index contributed by atoms with van der Waals surface area (Å²) in [6.45, 7) is -2.25. The van der Waals surface area contributed by atoms with E-state index in [9.17, 15) is 8.78 Å². The van der Waals surface area contributed by atoms with Crippen molar-refractivity contribution >= 4 is 5.69 Å². The van der Waals surface area contributed by atoms with E-state index in [1.54, 1.807) is 12.1 Å². The van der Waals surface area contributed by atoms with Gasteiger partial charge in [-0.25, -0.2) is 0 Å². The van der Waals surface area contributed by atoms with E-state index in [2.05, 4.69) is 10.1 Å². The van der Waals surface area contributed by atoms with E-state index in [1.165, 1.54) is 18.7 Å². The number of rotatable bonds is 7. The first-order valence-electron chi connectivity index (χ1n) is 6.59. The molecule has 0 bridgehead atoms. The molecule has 0 radical (unpaired) electrons. The lowest BCUT2D eigenvalue weighted by Gasteiger charge is -2.14. The minimum Gasteiger partial charge on any atom is -0.497 e. The third kappa shape index (κ3) is 4.63. The fourth-order valence-corrected chi connectivity index (χ4v) is 1.96. The summed E-state index contributed by atoms with van der Waals surface area (Å²) in [5.41, 5.74) is 1.66. The third-order valence-corrected chi connectivity index (χ3v) is 2.97. The molecule has 0 aliphatic rings. The Hall–Kier alpha value is -2.30. The second-order valence-corrected chi connectivity index (χ2v) is 4.40. The molecule has 0 spiro atoms. The molecule has 3 nitrogen and oxygen atoms in total. The van der Waals surface area contributed by atoms with Gasteiger partial charge in [-0.3, -0.25) is 0 Å². The van der Waals surface area contributed by atoms with Crippen LogP contribution in [0.3, 0.4) is 0 Å². The summed E-state index contributed by atoms with van der Waals surface area (Å²) < 4.78 is 34.4. The zero-order valence-corrected chi connectivity index (χ0v) is 11.7. The van der Waals surface area contributed by atoms with E-state index >= 15 is 0 Å². The van der Waals surface area contributed by atoms with Gasteiger partial charge in [0.05, 0.1) is 12.8 Å². The molecule has 0 aliphatic heterocycles. The Labute approximate surface area is 122 Å². The maximum Gasteiger partial charge on any atom is 0.387 e. The number of hydrogen-bond acceptors (Lipinski definition) is 3. The van der Waals surface area contributed by atoms with Crippen LogP contribution < -0.4 is 14.8 Å². The third-order valence-electron chi connectivity index (χ3n) is 2.97. The van der Waals surface area contributed by atoms with Crippen molar-refractivity contribution in [2.45, 2.75) is 13.0 Å². The van der Waals surface area contributed by atoms with Crippen molar-refractivity contribution < 1.29 is 18.3 Å². The van der Waals surface area contributed by atoms with E-state index in [4.69, 9.17) is 4.74 Å². The monoisotopic (exact) mass is 293 g/mol. The van der Waals surface area contributed by atoms with Crippen LogP contribution in [0.25, 0.3) is 0 Å². The first-order chi connectivity index (χ1) is 10.2. The van der Waals surface area contributed by atoms with Gasteiger partial charge in [0.15, 0.2) is 0 Å². The number of halogens is 2. The molecule has 21 heavy (non-hydrogen) atoms. The number of anilines is 1. The number of alkyl halides is 2. The van der Waals surface area contributed by atoms with Crippen LogP contribution in [0.15, 0.2) is 48.5 Å². The molecular formula is C16H17F2NO2. The lowest BCUT2D eigenvalue weighted by molar-refractivity contribution is -0.0493. The Bertz CT molecular complexity index is 561. The summed E-state index contributed by atoms with van der Waals surface area (Å²) in [6, 6.07) is 14.6. The minimum atomic E-state index is -2.85. The number of nitrogens with one attached hydrogen (secondary N) is 1. The maximum absolute atomic E-state index is 12.4. The summed E-state index contributed by atoms with van der Waals surface area (Å²) in [4.78, 5) is 0. The largest absolute Gasteiger partial charge is 0.497 e. The molecule has 1 N–H and O–H groups in total. The smallest absolute Gasteiger partial charge is 0.387 e. The molecule has 0 aromatic heterocycles. The highest BCUT2D eigenvalue weighted by Gasteiger charge is 2.10. The summed E-state index contributed by atoms with van der Waals surface area (Å²) >= 11 is 0. The molecule has 0 unspecified atom stereocenters. The normalized spacial score (nSPS) is 10.5. The molecule has 0 fully saturated rings. The highest BCUT2D eigenvalue weighted by molar-refractivity contribution is 5.59. The second-order valence-electron chi connectivity index (χ2n) is 4.40. The number of methoxy groups -OCH3 is 1. The van der Waals surface area contributed by atoms with Gasteiger partial charge in [0, 0.05) is 12.6 Å². The summed E-state index contributed by atoms with van der Waals surface area (Å²) in [6.07, 6.45) is 0.784. The standard InChI is InChI=1S/C16H17F2NO2/c1-20-13-7-8-15(21-16(17)18)14(11-13)19-10-9-12-5-3-2-4-6-12/h2-8,11,16,19H,9-10H2,1H3. The van der Waals surface area contributed by atoms with Gasteiger partial charge in [0.25, 0.3) is 0 Å². The number of ether oxygens (including phenoxy) is 2. The lowest BCUT2D eigenvalue weighted by Crippen LogP contribution is -2.09. The van der Waals surface area contributed by atoms with Gasteiger partial charge in [-0.2, -0.15) is 8.78 Å². The molecule has 2 rings (SSSR count). The fraction of sp³-hybridized carbons (Fsp3) is 0.250. The van der Waals surface area contributed by atoms with Crippen LogP contribution in [0, 0.1) is 0 Å². The number of benzene rings is 2. The van der Waals surface area contributed by atoms with Gasteiger partial charge in [0.1, 0.15) is 11.5 Å². The molecule has 112 valence electrons. The van der Waals surface area contributed by atoms with Gasteiger partial charge in [-0.1, -0.05) is 30.3 Å². The zero-order chi connectivity index (χ0) is 15.1. The van der Waals surface area contributed by atoms with Crippen molar-refractivity contribution in [1.29, 1.82) is 0 Å². The van der Waals surface area contributed by atoms with Crippen LogP contribution in [-0.2, 0) is 6.42 Å². The first-order valence-corrected chi connectivity index (χ1v) is 6.59. The predicted octanol–water partition coefficient (Wildman–Crippen LogP) is 3.95. The van der Waals surface area contributed by atoms with Crippen LogP contribution in [0.4, 0.5) is 14.5 Å². The Morgan fingerprint density at radius 3 is 2.52 bits per heavy atom. The van der Waals surface area contributed by atoms with Crippen molar-refractivity contribution in [3.63, 3.8) is 0 Å². The van der Waals surface area contributed by atoms with Gasteiger partial charge in [-0.15, -0.1) is 0 Å². The zero-order valence-electron chi connectivity index (χ0n) is 11.7. The van der Waals surface area contributed by atoms with Gasteiger partial charge in [-0.05, 0) is 24.1 Å². The van der Waals surface area contributed by atoms with Gasteiger partial charge in [0.2, 0.25) is 0 Å². The van der Waals surface area contributed by atoms with Gasteiger partial charge >= 0.3 is 6.61 Å². The molecule has 2 aromatic rings. The second kappa shape index (κ2) is 7.47. The maximum atomic E-state index is 12.4. The van der Waals surface area contributed by atoms with Crippen molar-refractivity contribution in [2.75, 3.05) is 19.0 Å². The van der Waals surface area contributed by atoms with Crippen molar-refractivity contribution in [2.24, 2.45) is 0 Å². The SMILES string of the molecule is COc1ccc(OC(F)F)c(NCCc2ccccc2)c1. The van der Waals surface area contributed by atoms with E-state index < -0.39 is 6.61 Å². The van der Waals surface area contributed by atoms with Crippen LogP contribution in [0.1, 0.15) is 5.56 Å². The van der Waals surface area contributed by atoms with Crippen LogP contribution in [-0.4, -0.2) is 20.3 Å². The Balaban J connectivity index is 2.02. The highest BCUT2D eigenvalue weighted by Crippen LogP contribution is 2.30. The van der Waals surface area contributed by atoms with Crippen LogP contribution in [0.5, 0.6) is 11.5 Å². The molecule has 0 saturated heterocycles. The van der Waals surface area contributed by atoms with E-state index in [1.807, 2.05) is 30.3 Å². The summed E-state index contributed by atoms with van der Waals surface area (Å²) in [5.74, 6) is 0.692. The molecule has 2 aromatic carbocycles. The summed E-state index contributed by atoms with van der Waals surface area (Å²) in [5, 5.41) is 3.10. The average molecular weight is 293 g/mol. The number of hydrogen-bond donors (Lipinski definition) is 1. The average Bonchev–Trinajstić information content (AvgIpc) is 2.49. The van der Waals surface area contributed by atoms with Crippen LogP contribution >= 0.6 is 0 Å². The fourth-order valence-electron chi connectivity index (χ4n) is 1.96. The van der Waals surface area contributed by atoms with E-state index in [0.717, 1.165) is 6.42 Å². The Kier molecular flexibility index (Phi) is 5.37. The van der Waals surface area contributed by atoms with Crippen molar-refractivity contribution in [3.8, 4) is 11.5 Å². The van der Waals surface area contributed by atoms with Crippen LogP contribution in [0.2, 0.25) is 0 Å². The molecular weight excluding hydrogens is 276 g/mol. The lowest BCUT2D eigenvalue weighted by atomic mass is 10.1. The first kappa shape index (κ1) is 15.1. The van der Waals surface area contributed by atoms with Crippen molar-refractivity contribution in [1.82, 2.24) is 0 Å². The molecule has 0 saturated carbocycles. The Morgan fingerprint density at radius 1 is 1.10 bits per heavy atom. The molecule has 5 heteroatoms. The predicted molar refractivity (Wildman–Crippen MR) is 78.3 cm³/mol. The van der Waals surface area contributed by atoms with E-state index in [0.29, 0.717) is 18.0 Å². The Morgan fingerprint density at radius 2 is 1.86 bits per heavy atom. The molecule has 0 aliphatic carbocycles. The summed E-state index contributed by atoms with van der Waals surface area (Å²) in [7, 11) is 1.52. The topological polar surface area (TPSA) is 30.5 Å². The minimum absolute atomic E-state index is 0.110. The van der Waals surface area contributed by atoms with E-state index in [-0.39, 0.29) is 5.75 Å². The van der Waals surface area contributed by atoms with Crippen molar-refractivity contribution in [3.05, 3.63) is 54.1 Å².